The quantitative estimate of drug-likeness (QED) is 0.608. The number of phenols is 1. The second-order valence-electron chi connectivity index (χ2n) is 9.53. The van der Waals surface area contributed by atoms with Gasteiger partial charge in [-0.25, -0.2) is 0 Å². The van der Waals surface area contributed by atoms with Crippen LogP contribution in [0.1, 0.15) is 50.8 Å². The maximum atomic E-state index is 10.6. The lowest BCUT2D eigenvalue weighted by atomic mass is 9.54. The zero-order valence-electron chi connectivity index (χ0n) is 18.3. The number of halogens is 2. The lowest BCUT2D eigenvalue weighted by Crippen LogP contribution is -2.54. The van der Waals surface area contributed by atoms with Gasteiger partial charge in [-0.05, 0) is 60.4 Å². The van der Waals surface area contributed by atoms with Gasteiger partial charge in [-0.2, -0.15) is 0 Å². The van der Waals surface area contributed by atoms with Gasteiger partial charge >= 0.3 is 0 Å². The second-order valence-corrected chi connectivity index (χ2v) is 9.94. The van der Waals surface area contributed by atoms with Crippen molar-refractivity contribution in [3.8, 4) is 5.75 Å². The minimum absolute atomic E-state index is 0. The Morgan fingerprint density at radius 1 is 1.17 bits per heavy atom. The minimum Gasteiger partial charge on any atom is -0.508 e. The van der Waals surface area contributed by atoms with Gasteiger partial charge in [0.1, 0.15) is 5.75 Å². The third kappa shape index (κ3) is 3.86. The van der Waals surface area contributed by atoms with E-state index in [2.05, 4.69) is 56.9 Å². The van der Waals surface area contributed by atoms with E-state index in [-0.39, 0.29) is 29.3 Å². The number of likely N-dealkylation sites (tertiary alicyclic amines) is 1. The van der Waals surface area contributed by atoms with Gasteiger partial charge < -0.3 is 9.84 Å². The van der Waals surface area contributed by atoms with Crippen LogP contribution in [-0.2, 0) is 23.2 Å². The van der Waals surface area contributed by atoms with Gasteiger partial charge in [0.15, 0.2) is 0 Å². The van der Waals surface area contributed by atoms with Crippen molar-refractivity contribution in [3.63, 3.8) is 0 Å². The predicted molar refractivity (Wildman–Crippen MR) is 126 cm³/mol. The first-order valence-electron chi connectivity index (χ1n) is 10.6. The summed E-state index contributed by atoms with van der Waals surface area (Å²) in [6.07, 6.45) is 2.11. The fraction of sp³-hybridized carbons (Fsp3) is 0.520. The summed E-state index contributed by atoms with van der Waals surface area (Å²) in [4.78, 5) is 2.57. The maximum Gasteiger partial charge on any atom is 0.119 e. The van der Waals surface area contributed by atoms with Gasteiger partial charge in [-0.1, -0.05) is 62.7 Å². The Balaban J connectivity index is 0.00000256. The van der Waals surface area contributed by atoms with Crippen LogP contribution in [0, 0.1) is 5.41 Å². The van der Waals surface area contributed by atoms with E-state index in [4.69, 9.17) is 16.3 Å². The summed E-state index contributed by atoms with van der Waals surface area (Å²) in [6.45, 7) is 11.7. The van der Waals surface area contributed by atoms with Gasteiger partial charge in [-0.3, -0.25) is 4.90 Å². The van der Waals surface area contributed by atoms with Crippen molar-refractivity contribution in [3.05, 3.63) is 64.2 Å². The topological polar surface area (TPSA) is 32.7 Å². The summed E-state index contributed by atoms with van der Waals surface area (Å²) in [5.74, 6) is 0.375. The Bertz CT molecular complexity index is 886. The molecular weight excluding hydrogens is 417 g/mol. The van der Waals surface area contributed by atoms with Crippen molar-refractivity contribution in [1.82, 2.24) is 4.90 Å². The molecule has 3 atom stereocenters. The average molecular weight is 450 g/mol. The van der Waals surface area contributed by atoms with E-state index in [0.717, 1.165) is 42.1 Å². The van der Waals surface area contributed by atoms with E-state index in [1.54, 1.807) is 6.07 Å². The first-order chi connectivity index (χ1) is 13.7. The SMILES string of the molecule is C[C@H](CN1CC[C@]2(C)[C@@H]1Cc1c(O)ccc(Cl)c1C2(C)C)OCc1ccccc1.Cl. The van der Waals surface area contributed by atoms with Gasteiger partial charge in [0.05, 0.1) is 12.7 Å². The molecule has 30 heavy (non-hydrogen) atoms. The maximum absolute atomic E-state index is 10.6. The predicted octanol–water partition coefficient (Wildman–Crippen LogP) is 5.99. The molecule has 0 aromatic heterocycles. The zero-order chi connectivity index (χ0) is 20.8. The molecule has 2 aromatic carbocycles. The van der Waals surface area contributed by atoms with E-state index >= 15 is 0 Å². The third-order valence-electron chi connectivity index (χ3n) is 7.65. The van der Waals surface area contributed by atoms with E-state index in [1.165, 1.54) is 5.56 Å². The summed E-state index contributed by atoms with van der Waals surface area (Å²) < 4.78 is 6.15. The Hall–Kier alpha value is -1.26. The number of ether oxygens (including phenoxy) is 1. The summed E-state index contributed by atoms with van der Waals surface area (Å²) in [5, 5.41) is 11.4. The molecule has 3 nitrogen and oxygen atoms in total. The van der Waals surface area contributed by atoms with Crippen molar-refractivity contribution >= 4 is 24.0 Å². The number of aromatic hydroxyl groups is 1. The Kier molecular flexibility index (Phi) is 6.79. The number of rotatable bonds is 5. The molecule has 0 radical (unpaired) electrons. The average Bonchev–Trinajstić information content (AvgIpc) is 3.01. The molecule has 1 heterocycles. The molecule has 164 valence electrons. The summed E-state index contributed by atoms with van der Waals surface area (Å²) in [5.41, 5.74) is 3.36. The normalized spacial score (nSPS) is 25.8. The molecule has 4 rings (SSSR count). The largest absolute Gasteiger partial charge is 0.508 e. The highest BCUT2D eigenvalue weighted by atomic mass is 35.5. The highest BCUT2D eigenvalue weighted by Crippen LogP contribution is 2.58. The van der Waals surface area contributed by atoms with E-state index in [0.29, 0.717) is 18.4 Å². The molecule has 1 aliphatic heterocycles. The molecule has 0 unspecified atom stereocenters. The van der Waals surface area contributed by atoms with E-state index in [1.807, 2.05) is 12.1 Å². The van der Waals surface area contributed by atoms with Crippen molar-refractivity contribution in [2.45, 2.75) is 64.7 Å². The van der Waals surface area contributed by atoms with Crippen molar-refractivity contribution in [2.75, 3.05) is 13.1 Å². The van der Waals surface area contributed by atoms with E-state index < -0.39 is 0 Å². The molecular formula is C25H33Cl2NO2. The number of fused-ring (bicyclic) bond motifs is 2. The molecule has 1 aliphatic carbocycles. The van der Waals surface area contributed by atoms with Gasteiger partial charge in [0.2, 0.25) is 0 Å². The standard InChI is InChI=1S/C25H32ClNO2.ClH/c1-17(29-16-18-8-6-5-7-9-18)15-27-13-12-25(4)22(27)14-19-21(28)11-10-20(26)23(19)24(25,2)3;/h5-11,17,22,28H,12-16H2,1-4H3;1H/t17-,22+,25-;/m1./s1. The fourth-order valence-corrected chi connectivity index (χ4v) is 5.98. The van der Waals surface area contributed by atoms with Gasteiger partial charge in [-0.15, -0.1) is 12.4 Å². The van der Waals surface area contributed by atoms with Crippen LogP contribution in [-0.4, -0.2) is 35.2 Å². The molecule has 0 bridgehead atoms. The summed E-state index contributed by atoms with van der Waals surface area (Å²) in [7, 11) is 0. The molecule has 5 heteroatoms. The van der Waals surface area contributed by atoms with Crippen LogP contribution in [0.4, 0.5) is 0 Å². The second kappa shape index (κ2) is 8.70. The number of hydrogen-bond donors (Lipinski definition) is 1. The molecule has 0 saturated carbocycles. The number of hydrogen-bond acceptors (Lipinski definition) is 3. The first kappa shape index (κ1) is 23.4. The van der Waals surface area contributed by atoms with Crippen molar-refractivity contribution in [1.29, 1.82) is 0 Å². The Labute approximate surface area is 191 Å². The molecule has 1 N–H and O–H groups in total. The molecule has 1 saturated heterocycles. The zero-order valence-corrected chi connectivity index (χ0v) is 19.9. The van der Waals surface area contributed by atoms with Crippen LogP contribution in [0.3, 0.4) is 0 Å². The minimum atomic E-state index is -0.107. The number of phenolic OH excluding ortho intramolecular Hbond substituents is 1. The lowest BCUT2D eigenvalue weighted by molar-refractivity contribution is 0.00735. The lowest BCUT2D eigenvalue weighted by Gasteiger charge is -2.52. The van der Waals surface area contributed by atoms with Crippen LogP contribution in [0.5, 0.6) is 5.75 Å². The monoisotopic (exact) mass is 449 g/mol. The first-order valence-corrected chi connectivity index (χ1v) is 11.0. The van der Waals surface area contributed by atoms with Gasteiger partial charge in [0.25, 0.3) is 0 Å². The summed E-state index contributed by atoms with van der Waals surface area (Å²) in [6, 6.07) is 14.3. The van der Waals surface area contributed by atoms with Crippen molar-refractivity contribution in [2.24, 2.45) is 5.41 Å². The Morgan fingerprint density at radius 2 is 1.87 bits per heavy atom. The molecule has 1 fully saturated rings. The van der Waals surface area contributed by atoms with Crippen LogP contribution in [0.25, 0.3) is 0 Å². The molecule has 0 spiro atoms. The van der Waals surface area contributed by atoms with Crippen molar-refractivity contribution < 1.29 is 9.84 Å². The molecule has 2 aromatic rings. The van der Waals surface area contributed by atoms with E-state index in [9.17, 15) is 5.11 Å². The van der Waals surface area contributed by atoms with Crippen LogP contribution in [0.15, 0.2) is 42.5 Å². The highest BCUT2D eigenvalue weighted by molar-refractivity contribution is 6.31. The number of benzene rings is 2. The number of nitrogens with zero attached hydrogens (tertiary/aromatic N) is 1. The Morgan fingerprint density at radius 3 is 2.57 bits per heavy atom. The summed E-state index contributed by atoms with van der Waals surface area (Å²) >= 11 is 6.63. The van der Waals surface area contributed by atoms with Crippen LogP contribution < -0.4 is 0 Å². The van der Waals surface area contributed by atoms with Crippen LogP contribution >= 0.6 is 24.0 Å². The van der Waals surface area contributed by atoms with Crippen LogP contribution in [0.2, 0.25) is 5.02 Å². The fourth-order valence-electron chi connectivity index (χ4n) is 5.57. The van der Waals surface area contributed by atoms with Gasteiger partial charge in [0, 0.05) is 23.2 Å². The highest BCUT2D eigenvalue weighted by Gasteiger charge is 2.57. The molecule has 0 amide bonds. The smallest absolute Gasteiger partial charge is 0.119 e. The molecule has 2 aliphatic rings. The third-order valence-corrected chi connectivity index (χ3v) is 7.97.